The van der Waals surface area contributed by atoms with Gasteiger partial charge >= 0.3 is 0 Å². The molecule has 0 unspecified atom stereocenters. The van der Waals surface area contributed by atoms with Gasteiger partial charge in [-0.05, 0) is 42.5 Å². The number of piperidine rings is 1. The second-order valence-corrected chi connectivity index (χ2v) is 8.00. The van der Waals surface area contributed by atoms with Crippen molar-refractivity contribution >= 4 is 11.8 Å². The third kappa shape index (κ3) is 5.23. The highest BCUT2D eigenvalue weighted by Crippen LogP contribution is 2.27. The molecule has 2 amide bonds. The summed E-state index contributed by atoms with van der Waals surface area (Å²) in [6.45, 7) is 1.78. The van der Waals surface area contributed by atoms with E-state index in [0.717, 1.165) is 6.42 Å². The summed E-state index contributed by atoms with van der Waals surface area (Å²) in [6.07, 6.45) is 3.71. The lowest BCUT2D eigenvalue weighted by atomic mass is 9.88. The Balaban J connectivity index is 1.29. The van der Waals surface area contributed by atoms with Crippen LogP contribution in [0.5, 0.6) is 0 Å². The van der Waals surface area contributed by atoms with Gasteiger partial charge in [0.2, 0.25) is 5.91 Å². The standard InChI is InChI=1S/C26H28N2O3/c29-25(22-14-17-28(18-15-22)26(30)24-12-7-19-31-24)27-16-13-23(20-8-3-1-4-9-20)21-10-5-2-6-11-21/h1-12,19,22-23H,13-18H2,(H,27,29). The molecule has 5 heteroatoms. The van der Waals surface area contributed by atoms with E-state index in [0.29, 0.717) is 38.2 Å². The maximum absolute atomic E-state index is 12.7. The van der Waals surface area contributed by atoms with E-state index in [9.17, 15) is 9.59 Å². The van der Waals surface area contributed by atoms with Gasteiger partial charge in [0.25, 0.3) is 5.91 Å². The van der Waals surface area contributed by atoms with Crippen molar-refractivity contribution in [2.24, 2.45) is 5.92 Å². The summed E-state index contributed by atoms with van der Waals surface area (Å²) in [5.74, 6) is 0.543. The molecule has 160 valence electrons. The predicted molar refractivity (Wildman–Crippen MR) is 120 cm³/mol. The number of rotatable bonds is 7. The first-order valence-corrected chi connectivity index (χ1v) is 10.9. The van der Waals surface area contributed by atoms with Gasteiger partial charge in [0.05, 0.1) is 6.26 Å². The Kier molecular flexibility index (Phi) is 6.82. The number of nitrogens with one attached hydrogen (secondary N) is 1. The van der Waals surface area contributed by atoms with Gasteiger partial charge < -0.3 is 14.6 Å². The third-order valence-corrected chi connectivity index (χ3v) is 6.02. The number of amides is 2. The van der Waals surface area contributed by atoms with E-state index in [1.165, 1.54) is 17.4 Å². The van der Waals surface area contributed by atoms with Crippen LogP contribution in [0.1, 0.15) is 46.9 Å². The maximum Gasteiger partial charge on any atom is 0.289 e. The second kappa shape index (κ2) is 10.1. The zero-order chi connectivity index (χ0) is 21.5. The van der Waals surface area contributed by atoms with Crippen molar-refractivity contribution in [1.82, 2.24) is 10.2 Å². The number of carbonyl (C=O) groups is 2. The van der Waals surface area contributed by atoms with Crippen molar-refractivity contribution in [3.05, 3.63) is 95.9 Å². The minimum absolute atomic E-state index is 0.0486. The van der Waals surface area contributed by atoms with Crippen molar-refractivity contribution in [3.63, 3.8) is 0 Å². The van der Waals surface area contributed by atoms with E-state index >= 15 is 0 Å². The van der Waals surface area contributed by atoms with Crippen LogP contribution in [0.2, 0.25) is 0 Å². The topological polar surface area (TPSA) is 62.6 Å². The van der Waals surface area contributed by atoms with Crippen molar-refractivity contribution in [2.45, 2.75) is 25.2 Å². The van der Waals surface area contributed by atoms with E-state index in [4.69, 9.17) is 4.42 Å². The predicted octanol–water partition coefficient (Wildman–Crippen LogP) is 4.47. The first-order chi connectivity index (χ1) is 15.2. The number of hydrogen-bond donors (Lipinski definition) is 1. The quantitative estimate of drug-likeness (QED) is 0.618. The van der Waals surface area contributed by atoms with Gasteiger partial charge in [0.1, 0.15) is 0 Å². The third-order valence-electron chi connectivity index (χ3n) is 6.02. The Morgan fingerprint density at radius 1 is 0.903 bits per heavy atom. The van der Waals surface area contributed by atoms with Crippen molar-refractivity contribution in [1.29, 1.82) is 0 Å². The normalized spacial score (nSPS) is 14.5. The first-order valence-electron chi connectivity index (χ1n) is 10.9. The molecule has 1 saturated heterocycles. The van der Waals surface area contributed by atoms with Crippen LogP contribution in [0.3, 0.4) is 0 Å². The molecule has 3 aromatic rings. The minimum Gasteiger partial charge on any atom is -0.459 e. The SMILES string of the molecule is O=C(NCCC(c1ccccc1)c1ccccc1)C1CCN(C(=O)c2ccco2)CC1. The summed E-state index contributed by atoms with van der Waals surface area (Å²) < 4.78 is 5.20. The molecule has 2 heterocycles. The Morgan fingerprint density at radius 2 is 1.52 bits per heavy atom. The van der Waals surface area contributed by atoms with Crippen LogP contribution in [-0.4, -0.2) is 36.3 Å². The molecule has 5 nitrogen and oxygen atoms in total. The monoisotopic (exact) mass is 416 g/mol. The summed E-state index contributed by atoms with van der Waals surface area (Å²) >= 11 is 0. The van der Waals surface area contributed by atoms with Crippen LogP contribution >= 0.6 is 0 Å². The van der Waals surface area contributed by atoms with Crippen molar-refractivity contribution < 1.29 is 14.0 Å². The highest BCUT2D eigenvalue weighted by molar-refractivity contribution is 5.91. The van der Waals surface area contributed by atoms with Gasteiger partial charge in [0.15, 0.2) is 5.76 Å². The first kappa shape index (κ1) is 20.9. The molecular formula is C26H28N2O3. The Bertz CT molecular complexity index is 923. The van der Waals surface area contributed by atoms with Crippen LogP contribution in [0.4, 0.5) is 0 Å². The molecule has 31 heavy (non-hydrogen) atoms. The lowest BCUT2D eigenvalue weighted by molar-refractivity contribution is -0.126. The average molecular weight is 417 g/mol. The lowest BCUT2D eigenvalue weighted by Gasteiger charge is -2.31. The molecule has 1 aliphatic heterocycles. The molecule has 4 rings (SSSR count). The molecule has 1 aromatic heterocycles. The molecule has 0 radical (unpaired) electrons. The number of hydrogen-bond acceptors (Lipinski definition) is 3. The van der Waals surface area contributed by atoms with E-state index in [1.807, 2.05) is 12.1 Å². The Hall–Kier alpha value is -3.34. The second-order valence-electron chi connectivity index (χ2n) is 8.00. The summed E-state index contributed by atoms with van der Waals surface area (Å²) in [7, 11) is 0. The number of carbonyl (C=O) groups excluding carboxylic acids is 2. The molecular weight excluding hydrogens is 388 g/mol. The fourth-order valence-electron chi connectivity index (χ4n) is 4.28. The molecule has 1 N–H and O–H groups in total. The average Bonchev–Trinajstić information content (AvgIpc) is 3.37. The molecule has 0 spiro atoms. The van der Waals surface area contributed by atoms with E-state index in [1.54, 1.807) is 17.0 Å². The smallest absolute Gasteiger partial charge is 0.289 e. The van der Waals surface area contributed by atoms with Crippen LogP contribution in [0, 0.1) is 5.92 Å². The molecule has 0 saturated carbocycles. The molecule has 1 fully saturated rings. The zero-order valence-corrected chi connectivity index (χ0v) is 17.6. The fourth-order valence-corrected chi connectivity index (χ4v) is 4.28. The van der Waals surface area contributed by atoms with Gasteiger partial charge in [-0.2, -0.15) is 0 Å². The highest BCUT2D eigenvalue weighted by atomic mass is 16.3. The van der Waals surface area contributed by atoms with Gasteiger partial charge in [-0.3, -0.25) is 9.59 Å². The molecule has 2 aromatic carbocycles. The lowest BCUT2D eigenvalue weighted by Crippen LogP contribution is -2.43. The van der Waals surface area contributed by atoms with Crippen LogP contribution in [0.25, 0.3) is 0 Å². The van der Waals surface area contributed by atoms with E-state index < -0.39 is 0 Å². The number of furan rings is 1. The minimum atomic E-state index is -0.0996. The molecule has 0 atom stereocenters. The van der Waals surface area contributed by atoms with Gasteiger partial charge in [-0.1, -0.05) is 60.7 Å². The fraction of sp³-hybridized carbons (Fsp3) is 0.308. The maximum atomic E-state index is 12.7. The molecule has 0 aliphatic carbocycles. The van der Waals surface area contributed by atoms with Gasteiger partial charge in [-0.25, -0.2) is 0 Å². The Labute approximate surface area is 183 Å². The summed E-state index contributed by atoms with van der Waals surface area (Å²) in [6, 6.07) is 24.2. The molecule has 0 bridgehead atoms. The van der Waals surface area contributed by atoms with Gasteiger partial charge in [-0.15, -0.1) is 0 Å². The number of benzene rings is 2. The largest absolute Gasteiger partial charge is 0.459 e. The highest BCUT2D eigenvalue weighted by Gasteiger charge is 2.28. The van der Waals surface area contributed by atoms with Crippen molar-refractivity contribution in [3.8, 4) is 0 Å². The van der Waals surface area contributed by atoms with Gasteiger partial charge in [0, 0.05) is 31.5 Å². The number of likely N-dealkylation sites (tertiary alicyclic amines) is 1. The van der Waals surface area contributed by atoms with Crippen LogP contribution in [-0.2, 0) is 4.79 Å². The van der Waals surface area contributed by atoms with Crippen molar-refractivity contribution in [2.75, 3.05) is 19.6 Å². The summed E-state index contributed by atoms with van der Waals surface area (Å²) in [4.78, 5) is 26.9. The Morgan fingerprint density at radius 3 is 2.06 bits per heavy atom. The van der Waals surface area contributed by atoms with E-state index in [2.05, 4.69) is 53.8 Å². The van der Waals surface area contributed by atoms with Crippen LogP contribution in [0.15, 0.2) is 83.5 Å². The summed E-state index contributed by atoms with van der Waals surface area (Å²) in [5, 5.41) is 3.13. The summed E-state index contributed by atoms with van der Waals surface area (Å²) in [5.41, 5.74) is 2.51. The van der Waals surface area contributed by atoms with Crippen LogP contribution < -0.4 is 5.32 Å². The zero-order valence-electron chi connectivity index (χ0n) is 17.6. The molecule has 1 aliphatic rings. The van der Waals surface area contributed by atoms with E-state index in [-0.39, 0.29) is 23.7 Å². The number of nitrogens with zero attached hydrogens (tertiary/aromatic N) is 1.